The molecule has 4 nitrogen and oxygen atoms in total. The van der Waals surface area contributed by atoms with E-state index in [1.165, 1.54) is 12.8 Å². The Labute approximate surface area is 105 Å². The largest absolute Gasteiger partial charge is 0.478 e. The molecule has 1 heterocycles. The summed E-state index contributed by atoms with van der Waals surface area (Å²) in [5.41, 5.74) is 1.75. The Hall–Kier alpha value is -1.10. The van der Waals surface area contributed by atoms with E-state index in [2.05, 4.69) is 10.2 Å². The zero-order valence-corrected chi connectivity index (χ0v) is 10.9. The first-order valence-corrected chi connectivity index (χ1v) is 6.71. The van der Waals surface area contributed by atoms with Gasteiger partial charge < -0.3 is 5.11 Å². The SMILES string of the molecule is Cc1nnc(SC2CCCC2)c(C(=O)O)c1C. The Balaban J connectivity index is 2.32. The summed E-state index contributed by atoms with van der Waals surface area (Å²) >= 11 is 1.57. The Morgan fingerprint density at radius 1 is 1.29 bits per heavy atom. The van der Waals surface area contributed by atoms with E-state index < -0.39 is 5.97 Å². The van der Waals surface area contributed by atoms with Gasteiger partial charge >= 0.3 is 5.97 Å². The first kappa shape index (κ1) is 12.4. The lowest BCUT2D eigenvalue weighted by Crippen LogP contribution is -2.09. The molecule has 0 radical (unpaired) electrons. The monoisotopic (exact) mass is 252 g/mol. The van der Waals surface area contributed by atoms with E-state index in [1.807, 2.05) is 0 Å². The van der Waals surface area contributed by atoms with Gasteiger partial charge in [0.15, 0.2) is 0 Å². The second kappa shape index (κ2) is 5.04. The molecule has 0 aliphatic heterocycles. The molecule has 0 saturated heterocycles. The van der Waals surface area contributed by atoms with Gasteiger partial charge in [0.1, 0.15) is 5.03 Å². The number of hydrogen-bond acceptors (Lipinski definition) is 4. The van der Waals surface area contributed by atoms with Crippen molar-refractivity contribution in [1.82, 2.24) is 10.2 Å². The number of aryl methyl sites for hydroxylation is 1. The number of carbonyl (C=O) groups is 1. The maximum Gasteiger partial charge on any atom is 0.338 e. The van der Waals surface area contributed by atoms with E-state index in [0.717, 1.165) is 18.4 Å². The summed E-state index contributed by atoms with van der Waals surface area (Å²) in [7, 11) is 0. The highest BCUT2D eigenvalue weighted by atomic mass is 32.2. The van der Waals surface area contributed by atoms with Crippen molar-refractivity contribution in [2.24, 2.45) is 0 Å². The quantitative estimate of drug-likeness (QED) is 0.896. The Kier molecular flexibility index (Phi) is 3.66. The number of aromatic carboxylic acids is 1. The molecule has 0 spiro atoms. The summed E-state index contributed by atoms with van der Waals surface area (Å²) in [5, 5.41) is 18.4. The fourth-order valence-electron chi connectivity index (χ4n) is 2.09. The number of rotatable bonds is 3. The van der Waals surface area contributed by atoms with Crippen LogP contribution in [0.25, 0.3) is 0 Å². The van der Waals surface area contributed by atoms with Gasteiger partial charge in [0.25, 0.3) is 0 Å². The molecule has 0 unspecified atom stereocenters. The summed E-state index contributed by atoms with van der Waals surface area (Å²) in [6.45, 7) is 3.59. The third-order valence-corrected chi connectivity index (χ3v) is 4.53. The van der Waals surface area contributed by atoms with Crippen molar-refractivity contribution in [3.63, 3.8) is 0 Å². The smallest absolute Gasteiger partial charge is 0.338 e. The summed E-state index contributed by atoms with van der Waals surface area (Å²) in [5.74, 6) is -0.902. The molecule has 17 heavy (non-hydrogen) atoms. The van der Waals surface area contributed by atoms with Crippen molar-refractivity contribution in [2.45, 2.75) is 49.8 Å². The highest BCUT2D eigenvalue weighted by molar-refractivity contribution is 7.99. The first-order valence-electron chi connectivity index (χ1n) is 5.83. The molecule has 0 bridgehead atoms. The molecule has 92 valence electrons. The molecule has 5 heteroatoms. The molecular formula is C12H16N2O2S. The number of carboxylic acid groups (broad SMARTS) is 1. The van der Waals surface area contributed by atoms with Crippen molar-refractivity contribution >= 4 is 17.7 Å². The van der Waals surface area contributed by atoms with E-state index in [4.69, 9.17) is 0 Å². The zero-order chi connectivity index (χ0) is 12.4. The molecule has 2 rings (SSSR count). The summed E-state index contributed by atoms with van der Waals surface area (Å²) in [6, 6.07) is 0. The van der Waals surface area contributed by atoms with Crippen LogP contribution in [0.3, 0.4) is 0 Å². The van der Waals surface area contributed by atoms with Crippen LogP contribution in [0.4, 0.5) is 0 Å². The van der Waals surface area contributed by atoms with Crippen LogP contribution in [-0.2, 0) is 0 Å². The Morgan fingerprint density at radius 3 is 2.53 bits per heavy atom. The lowest BCUT2D eigenvalue weighted by Gasteiger charge is -2.12. The molecule has 0 amide bonds. The van der Waals surface area contributed by atoms with Gasteiger partial charge in [-0.05, 0) is 32.3 Å². The zero-order valence-electron chi connectivity index (χ0n) is 10.1. The van der Waals surface area contributed by atoms with E-state index in [1.54, 1.807) is 25.6 Å². The van der Waals surface area contributed by atoms with Crippen LogP contribution < -0.4 is 0 Å². The third-order valence-electron chi connectivity index (χ3n) is 3.22. The second-order valence-corrected chi connectivity index (χ2v) is 5.71. The number of carboxylic acids is 1. The van der Waals surface area contributed by atoms with E-state index in [0.29, 0.717) is 21.5 Å². The minimum atomic E-state index is -0.902. The minimum absolute atomic E-state index is 0.328. The highest BCUT2D eigenvalue weighted by Gasteiger charge is 2.23. The number of thioether (sulfide) groups is 1. The second-order valence-electron chi connectivity index (χ2n) is 4.42. The van der Waals surface area contributed by atoms with Gasteiger partial charge in [0, 0.05) is 5.25 Å². The molecular weight excluding hydrogens is 236 g/mol. The maximum absolute atomic E-state index is 11.3. The fourth-order valence-corrected chi connectivity index (χ4v) is 3.42. The first-order chi connectivity index (χ1) is 8.09. The van der Waals surface area contributed by atoms with Crippen molar-refractivity contribution in [2.75, 3.05) is 0 Å². The van der Waals surface area contributed by atoms with Gasteiger partial charge in [0.05, 0.1) is 11.3 Å². The van der Waals surface area contributed by atoms with Gasteiger partial charge in [-0.15, -0.1) is 16.9 Å². The molecule has 1 aliphatic rings. The van der Waals surface area contributed by atoms with Gasteiger partial charge in [-0.1, -0.05) is 12.8 Å². The number of hydrogen-bond donors (Lipinski definition) is 1. The average molecular weight is 252 g/mol. The van der Waals surface area contributed by atoms with E-state index in [-0.39, 0.29) is 0 Å². The molecule has 0 atom stereocenters. The van der Waals surface area contributed by atoms with Gasteiger partial charge in [-0.3, -0.25) is 0 Å². The van der Waals surface area contributed by atoms with Gasteiger partial charge in [-0.2, -0.15) is 5.10 Å². The van der Waals surface area contributed by atoms with E-state index >= 15 is 0 Å². The predicted molar refractivity (Wildman–Crippen MR) is 66.6 cm³/mol. The van der Waals surface area contributed by atoms with Crippen LogP contribution in [0.5, 0.6) is 0 Å². The summed E-state index contributed by atoms with van der Waals surface area (Å²) in [6.07, 6.45) is 4.77. The van der Waals surface area contributed by atoms with Crippen molar-refractivity contribution in [3.05, 3.63) is 16.8 Å². The number of aromatic nitrogens is 2. The molecule has 1 aliphatic carbocycles. The van der Waals surface area contributed by atoms with Crippen molar-refractivity contribution in [3.8, 4) is 0 Å². The van der Waals surface area contributed by atoms with Crippen LogP contribution in [-0.4, -0.2) is 26.5 Å². The topological polar surface area (TPSA) is 63.1 Å². The number of nitrogens with zero attached hydrogens (tertiary/aromatic N) is 2. The van der Waals surface area contributed by atoms with E-state index in [9.17, 15) is 9.90 Å². The van der Waals surface area contributed by atoms with Crippen molar-refractivity contribution < 1.29 is 9.90 Å². The predicted octanol–water partition coefficient (Wildman–Crippen LogP) is 2.83. The average Bonchev–Trinajstić information content (AvgIpc) is 2.76. The van der Waals surface area contributed by atoms with Gasteiger partial charge in [0.2, 0.25) is 0 Å². The van der Waals surface area contributed by atoms with Crippen LogP contribution in [0.2, 0.25) is 0 Å². The molecule has 1 N–H and O–H groups in total. The van der Waals surface area contributed by atoms with Crippen LogP contribution in [0.1, 0.15) is 47.3 Å². The maximum atomic E-state index is 11.3. The summed E-state index contributed by atoms with van der Waals surface area (Å²) < 4.78 is 0. The van der Waals surface area contributed by atoms with Crippen LogP contribution in [0.15, 0.2) is 5.03 Å². The minimum Gasteiger partial charge on any atom is -0.478 e. The Bertz CT molecular complexity index is 442. The Morgan fingerprint density at radius 2 is 1.94 bits per heavy atom. The van der Waals surface area contributed by atoms with Crippen LogP contribution in [0, 0.1) is 13.8 Å². The van der Waals surface area contributed by atoms with Crippen LogP contribution >= 0.6 is 11.8 Å². The highest BCUT2D eigenvalue weighted by Crippen LogP contribution is 2.35. The molecule has 0 aromatic carbocycles. The molecule has 1 aromatic heterocycles. The standard InChI is InChI=1S/C12H16N2O2S/c1-7-8(2)13-14-11(10(7)12(15)16)17-9-5-3-4-6-9/h9H,3-6H2,1-2H3,(H,15,16). The normalized spacial score (nSPS) is 16.4. The lowest BCUT2D eigenvalue weighted by atomic mass is 10.1. The molecule has 1 fully saturated rings. The lowest BCUT2D eigenvalue weighted by molar-refractivity contribution is 0.0690. The summed E-state index contributed by atoms with van der Waals surface area (Å²) in [4.78, 5) is 11.3. The third kappa shape index (κ3) is 2.60. The van der Waals surface area contributed by atoms with Gasteiger partial charge in [-0.25, -0.2) is 4.79 Å². The fraction of sp³-hybridized carbons (Fsp3) is 0.583. The molecule has 1 aromatic rings. The van der Waals surface area contributed by atoms with Crippen molar-refractivity contribution in [1.29, 1.82) is 0 Å². The molecule has 1 saturated carbocycles.